The fourth-order valence-corrected chi connectivity index (χ4v) is 10.7. The van der Waals surface area contributed by atoms with E-state index in [4.69, 9.17) is 4.74 Å². The maximum Gasteiger partial charge on any atom is 0.426 e. The van der Waals surface area contributed by atoms with Gasteiger partial charge in [0, 0.05) is 6.42 Å². The number of hydrogen-bond donors (Lipinski definition) is 3. The highest BCUT2D eigenvalue weighted by molar-refractivity contribution is 5.78. The number of hydrazine groups is 1. The second-order valence-electron chi connectivity index (χ2n) is 14.8. The average molecular weight is 567 g/mol. The largest absolute Gasteiger partial charge is 0.443 e. The number of aliphatic hydroxyl groups excluding tert-OH is 1. The van der Waals surface area contributed by atoms with E-state index in [1.807, 2.05) is 30.3 Å². The van der Waals surface area contributed by atoms with Crippen LogP contribution in [0.15, 0.2) is 30.3 Å². The van der Waals surface area contributed by atoms with Crippen molar-refractivity contribution in [3.8, 4) is 0 Å². The Bertz CT molecular complexity index is 1060. The molecule has 0 unspecified atom stereocenters. The molecule has 0 aromatic heterocycles. The molecule has 0 heterocycles. The van der Waals surface area contributed by atoms with E-state index in [-0.39, 0.29) is 24.0 Å². The fourth-order valence-electron chi connectivity index (χ4n) is 10.7. The monoisotopic (exact) mass is 566 g/mol. The molecule has 4 fully saturated rings. The second-order valence-corrected chi connectivity index (χ2v) is 14.8. The predicted octanol–water partition coefficient (Wildman–Crippen LogP) is 7.26. The third-order valence-corrected chi connectivity index (χ3v) is 12.8. The first-order valence-corrected chi connectivity index (χ1v) is 16.5. The van der Waals surface area contributed by atoms with Crippen LogP contribution in [0.5, 0.6) is 0 Å². The molecule has 6 heteroatoms. The van der Waals surface area contributed by atoms with Crippen LogP contribution in [0, 0.1) is 58.2 Å². The van der Waals surface area contributed by atoms with E-state index in [9.17, 15) is 14.7 Å². The van der Waals surface area contributed by atoms with Gasteiger partial charge in [0.2, 0.25) is 5.91 Å². The molecule has 6 nitrogen and oxygen atoms in total. The van der Waals surface area contributed by atoms with E-state index in [1.165, 1.54) is 44.9 Å². The zero-order valence-electron chi connectivity index (χ0n) is 26.0. The first-order valence-electron chi connectivity index (χ1n) is 16.5. The van der Waals surface area contributed by atoms with Crippen molar-refractivity contribution in [2.75, 3.05) is 0 Å². The van der Waals surface area contributed by atoms with Crippen LogP contribution in [0.4, 0.5) is 4.79 Å². The maximum absolute atomic E-state index is 12.6. The van der Waals surface area contributed by atoms with Gasteiger partial charge in [-0.15, -0.1) is 0 Å². The Morgan fingerprint density at radius 3 is 2.44 bits per heavy atom. The summed E-state index contributed by atoms with van der Waals surface area (Å²) in [5.41, 5.74) is 6.40. The molecule has 4 saturated carbocycles. The molecule has 3 N–H and O–H groups in total. The molecule has 0 bridgehead atoms. The molecule has 1 aromatic rings. The van der Waals surface area contributed by atoms with Crippen LogP contribution in [0.1, 0.15) is 104 Å². The smallest absolute Gasteiger partial charge is 0.426 e. The van der Waals surface area contributed by atoms with E-state index in [1.54, 1.807) is 0 Å². The Labute approximate surface area is 247 Å². The van der Waals surface area contributed by atoms with Crippen molar-refractivity contribution in [1.82, 2.24) is 10.9 Å². The second kappa shape index (κ2) is 12.3. The van der Waals surface area contributed by atoms with Crippen molar-refractivity contribution in [1.29, 1.82) is 0 Å². The number of hydrogen-bond acceptors (Lipinski definition) is 4. The number of aliphatic hydroxyl groups is 1. The summed E-state index contributed by atoms with van der Waals surface area (Å²) in [7, 11) is 0. The summed E-state index contributed by atoms with van der Waals surface area (Å²) in [6, 6.07) is 9.47. The first-order chi connectivity index (χ1) is 19.6. The Kier molecular flexibility index (Phi) is 9.09. The molecule has 0 saturated heterocycles. The Balaban J connectivity index is 1.16. The van der Waals surface area contributed by atoms with Crippen LogP contribution in [-0.2, 0) is 16.1 Å². The fraction of sp³-hybridized carbons (Fsp3) is 0.771. The average Bonchev–Trinajstić information content (AvgIpc) is 3.32. The summed E-state index contributed by atoms with van der Waals surface area (Å²) in [6.07, 6.45) is 10.3. The molecule has 0 radical (unpaired) electrons. The van der Waals surface area contributed by atoms with Gasteiger partial charge in [0.1, 0.15) is 6.61 Å². The van der Waals surface area contributed by atoms with E-state index in [0.717, 1.165) is 24.3 Å². The highest BCUT2D eigenvalue weighted by atomic mass is 16.6. The van der Waals surface area contributed by atoms with Crippen LogP contribution < -0.4 is 10.9 Å². The van der Waals surface area contributed by atoms with E-state index < -0.39 is 6.09 Å². The highest BCUT2D eigenvalue weighted by Crippen LogP contribution is 2.69. The SMILES string of the molecule is CC[C@H]1[C@@H](O)[C@@H]2[C@H](CC[C@]3(C)[C@@H]([C@H](C)CCC(=O)NNC(=O)OCc4ccccc4)CC[C@@H]23)[C@@]2(C)CC[C@@H](C)C[C@@H]12. The van der Waals surface area contributed by atoms with Crippen LogP contribution in [0.25, 0.3) is 0 Å². The highest BCUT2D eigenvalue weighted by Gasteiger charge is 2.64. The van der Waals surface area contributed by atoms with Gasteiger partial charge in [0.25, 0.3) is 0 Å². The van der Waals surface area contributed by atoms with Crippen molar-refractivity contribution in [3.63, 3.8) is 0 Å². The topological polar surface area (TPSA) is 87.7 Å². The third-order valence-electron chi connectivity index (χ3n) is 12.8. The molecule has 1 aromatic carbocycles. The number of nitrogens with one attached hydrogen (secondary N) is 2. The van der Waals surface area contributed by atoms with Gasteiger partial charge < -0.3 is 9.84 Å². The zero-order chi connectivity index (χ0) is 29.4. The minimum atomic E-state index is -0.655. The molecular weight excluding hydrogens is 512 g/mol. The number of ether oxygens (including phenoxy) is 1. The van der Waals surface area contributed by atoms with Crippen molar-refractivity contribution in [2.45, 2.75) is 112 Å². The Morgan fingerprint density at radius 1 is 1.00 bits per heavy atom. The van der Waals surface area contributed by atoms with Crippen molar-refractivity contribution in [3.05, 3.63) is 35.9 Å². The molecule has 0 aliphatic heterocycles. The summed E-state index contributed by atoms with van der Waals surface area (Å²) in [5.74, 6) is 4.30. The molecule has 228 valence electrons. The lowest BCUT2D eigenvalue weighted by Gasteiger charge is -2.65. The lowest BCUT2D eigenvalue weighted by molar-refractivity contribution is -0.198. The lowest BCUT2D eigenvalue weighted by Crippen LogP contribution is -2.61. The van der Waals surface area contributed by atoms with Gasteiger partial charge in [-0.3, -0.25) is 10.2 Å². The molecular formula is C35H54N2O4. The molecule has 2 amide bonds. The third kappa shape index (κ3) is 5.79. The summed E-state index contributed by atoms with van der Waals surface area (Å²) in [5, 5.41) is 12.0. The standard InChI is InChI=1S/C35H54N2O4/c1-6-25-29-20-22(2)16-18-35(29,5)28-17-19-34(4)26(13-14-27(34)31(28)32(25)39)23(3)12-15-30(38)36-37-33(40)41-21-24-10-8-7-9-11-24/h7-11,22-23,25-29,31-32,39H,6,12-21H2,1-5H3,(H,36,38)(H,37,40)/t22-,23-,25-,26-,27+,28+,29+,31+,32-,34-,35-/m1/s1. The molecule has 11 atom stereocenters. The first kappa shape index (κ1) is 30.4. The van der Waals surface area contributed by atoms with Crippen molar-refractivity contribution in [2.24, 2.45) is 58.2 Å². The van der Waals surface area contributed by atoms with Crippen LogP contribution >= 0.6 is 0 Å². The van der Waals surface area contributed by atoms with Gasteiger partial charge in [-0.25, -0.2) is 10.2 Å². The number of carbonyl (C=O) groups is 2. The summed E-state index contributed by atoms with van der Waals surface area (Å²) >= 11 is 0. The number of amides is 2. The van der Waals surface area contributed by atoms with Crippen molar-refractivity contribution >= 4 is 12.0 Å². The van der Waals surface area contributed by atoms with Gasteiger partial charge in [-0.2, -0.15) is 0 Å². The molecule has 41 heavy (non-hydrogen) atoms. The van der Waals surface area contributed by atoms with Gasteiger partial charge in [0.05, 0.1) is 6.10 Å². The molecule has 4 aliphatic carbocycles. The van der Waals surface area contributed by atoms with Gasteiger partial charge in [-0.1, -0.05) is 77.8 Å². The zero-order valence-corrected chi connectivity index (χ0v) is 26.0. The van der Waals surface area contributed by atoms with Gasteiger partial charge >= 0.3 is 6.09 Å². The molecule has 5 rings (SSSR count). The number of benzene rings is 1. The van der Waals surface area contributed by atoms with E-state index in [0.29, 0.717) is 53.3 Å². The molecule has 0 spiro atoms. The van der Waals surface area contributed by atoms with E-state index >= 15 is 0 Å². The minimum Gasteiger partial charge on any atom is -0.443 e. The predicted molar refractivity (Wildman–Crippen MR) is 161 cm³/mol. The van der Waals surface area contributed by atoms with Crippen LogP contribution in [0.3, 0.4) is 0 Å². The number of carbonyl (C=O) groups excluding carboxylic acids is 2. The maximum atomic E-state index is 12.6. The molecule has 4 aliphatic rings. The lowest BCUT2D eigenvalue weighted by atomic mass is 9.41. The number of fused-ring (bicyclic) bond motifs is 5. The summed E-state index contributed by atoms with van der Waals surface area (Å²) in [4.78, 5) is 24.6. The van der Waals surface area contributed by atoms with Crippen molar-refractivity contribution < 1.29 is 19.4 Å². The van der Waals surface area contributed by atoms with Gasteiger partial charge in [0.15, 0.2) is 0 Å². The van der Waals surface area contributed by atoms with Crippen LogP contribution in [-0.4, -0.2) is 23.2 Å². The number of rotatable bonds is 7. The summed E-state index contributed by atoms with van der Waals surface area (Å²) in [6.45, 7) is 12.3. The Morgan fingerprint density at radius 2 is 1.71 bits per heavy atom. The van der Waals surface area contributed by atoms with Crippen LogP contribution in [0.2, 0.25) is 0 Å². The van der Waals surface area contributed by atoms with Gasteiger partial charge in [-0.05, 0) is 109 Å². The van der Waals surface area contributed by atoms with E-state index in [2.05, 4.69) is 45.5 Å². The summed E-state index contributed by atoms with van der Waals surface area (Å²) < 4.78 is 5.19. The quantitative estimate of drug-likeness (QED) is 0.303. The Hall–Kier alpha value is -2.08. The normalized spacial score (nSPS) is 40.4. The minimum absolute atomic E-state index is 0.162.